The molecule has 0 aromatic heterocycles. The van der Waals surface area contributed by atoms with Gasteiger partial charge in [-0.15, -0.1) is 0 Å². The predicted molar refractivity (Wildman–Crippen MR) is 134 cm³/mol. The monoisotopic (exact) mass is 448 g/mol. The Bertz CT molecular complexity index is 838. The van der Waals surface area contributed by atoms with Crippen LogP contribution < -0.4 is 5.32 Å². The van der Waals surface area contributed by atoms with Gasteiger partial charge < -0.3 is 10.4 Å². The van der Waals surface area contributed by atoms with Gasteiger partial charge >= 0.3 is 5.97 Å². The van der Waals surface area contributed by atoms with E-state index in [1.165, 1.54) is 42.4 Å². The lowest BCUT2D eigenvalue weighted by molar-refractivity contribution is -0.137. The highest BCUT2D eigenvalue weighted by molar-refractivity contribution is 5.66. The SMILES string of the molecule is O=C(O)CCC1CCC(N(CCc2ccccc2)Cc2ccc(C3CCNCC3)cc2)CC1. The molecule has 4 heteroatoms. The van der Waals surface area contributed by atoms with Crippen molar-refractivity contribution in [3.63, 3.8) is 0 Å². The lowest BCUT2D eigenvalue weighted by Gasteiger charge is -2.37. The van der Waals surface area contributed by atoms with Gasteiger partial charge in [0, 0.05) is 25.6 Å². The third-order valence-corrected chi connectivity index (χ3v) is 7.81. The van der Waals surface area contributed by atoms with E-state index < -0.39 is 5.97 Å². The van der Waals surface area contributed by atoms with Crippen molar-refractivity contribution in [2.24, 2.45) is 5.92 Å². The minimum absolute atomic E-state index is 0.316. The van der Waals surface area contributed by atoms with Crippen LogP contribution in [-0.4, -0.2) is 41.7 Å². The first-order chi connectivity index (χ1) is 16.2. The maximum Gasteiger partial charge on any atom is 0.303 e. The number of hydrogen-bond acceptors (Lipinski definition) is 3. The van der Waals surface area contributed by atoms with Crippen LogP contribution in [0, 0.1) is 5.92 Å². The number of carboxylic acid groups (broad SMARTS) is 1. The van der Waals surface area contributed by atoms with Crippen molar-refractivity contribution < 1.29 is 9.90 Å². The van der Waals surface area contributed by atoms with Crippen molar-refractivity contribution in [3.8, 4) is 0 Å². The Morgan fingerprint density at radius 1 is 0.879 bits per heavy atom. The van der Waals surface area contributed by atoms with E-state index in [9.17, 15) is 4.79 Å². The van der Waals surface area contributed by atoms with Crippen LogP contribution in [0.2, 0.25) is 0 Å². The molecule has 33 heavy (non-hydrogen) atoms. The second-order valence-corrected chi connectivity index (χ2v) is 10.1. The topological polar surface area (TPSA) is 52.6 Å². The van der Waals surface area contributed by atoms with Gasteiger partial charge in [-0.1, -0.05) is 54.6 Å². The van der Waals surface area contributed by atoms with Crippen molar-refractivity contribution in [1.82, 2.24) is 10.2 Å². The first-order valence-electron chi connectivity index (χ1n) is 13.0. The van der Waals surface area contributed by atoms with E-state index in [4.69, 9.17) is 5.11 Å². The van der Waals surface area contributed by atoms with Gasteiger partial charge in [0.25, 0.3) is 0 Å². The first kappa shape index (κ1) is 24.0. The molecule has 2 aromatic rings. The number of carboxylic acids is 1. The fourth-order valence-corrected chi connectivity index (χ4v) is 5.72. The predicted octanol–water partition coefficient (Wildman–Crippen LogP) is 5.62. The molecule has 1 aliphatic carbocycles. The third-order valence-electron chi connectivity index (χ3n) is 7.81. The molecule has 1 aliphatic heterocycles. The zero-order chi connectivity index (χ0) is 22.9. The van der Waals surface area contributed by atoms with Gasteiger partial charge in [-0.3, -0.25) is 9.69 Å². The minimum atomic E-state index is -0.658. The molecule has 1 saturated carbocycles. The van der Waals surface area contributed by atoms with Gasteiger partial charge in [0.05, 0.1) is 0 Å². The number of aliphatic carboxylic acids is 1. The van der Waals surface area contributed by atoms with E-state index in [2.05, 4.69) is 64.8 Å². The highest BCUT2D eigenvalue weighted by atomic mass is 16.4. The van der Waals surface area contributed by atoms with E-state index in [0.29, 0.717) is 24.3 Å². The maximum atomic E-state index is 11.0. The Morgan fingerprint density at radius 2 is 1.58 bits per heavy atom. The fourth-order valence-electron chi connectivity index (χ4n) is 5.72. The lowest BCUT2D eigenvalue weighted by atomic mass is 9.82. The average Bonchev–Trinajstić information content (AvgIpc) is 2.87. The Balaban J connectivity index is 1.37. The number of hydrogen-bond donors (Lipinski definition) is 2. The average molecular weight is 449 g/mol. The van der Waals surface area contributed by atoms with E-state index >= 15 is 0 Å². The van der Waals surface area contributed by atoms with Crippen molar-refractivity contribution in [2.45, 2.75) is 76.3 Å². The normalized spacial score (nSPS) is 21.8. The number of nitrogens with zero attached hydrogens (tertiary/aromatic N) is 1. The molecule has 2 N–H and O–H groups in total. The molecule has 0 bridgehead atoms. The molecule has 2 aliphatic rings. The van der Waals surface area contributed by atoms with Gasteiger partial charge in [-0.2, -0.15) is 0 Å². The van der Waals surface area contributed by atoms with Crippen LogP contribution in [0.3, 0.4) is 0 Å². The highest BCUT2D eigenvalue weighted by Gasteiger charge is 2.26. The summed E-state index contributed by atoms with van der Waals surface area (Å²) >= 11 is 0. The molecule has 0 radical (unpaired) electrons. The quantitative estimate of drug-likeness (QED) is 0.495. The smallest absolute Gasteiger partial charge is 0.303 e. The maximum absolute atomic E-state index is 11.0. The van der Waals surface area contributed by atoms with Crippen molar-refractivity contribution in [1.29, 1.82) is 0 Å². The molecule has 4 nitrogen and oxygen atoms in total. The molecule has 1 saturated heterocycles. The molecular weight excluding hydrogens is 408 g/mol. The van der Waals surface area contributed by atoms with Crippen LogP contribution >= 0.6 is 0 Å². The zero-order valence-corrected chi connectivity index (χ0v) is 19.9. The van der Waals surface area contributed by atoms with E-state index in [1.54, 1.807) is 0 Å². The van der Waals surface area contributed by atoms with E-state index in [0.717, 1.165) is 51.9 Å². The number of nitrogens with one attached hydrogen (secondary N) is 1. The molecule has 2 fully saturated rings. The Kier molecular flexibility index (Phi) is 8.96. The second-order valence-electron chi connectivity index (χ2n) is 10.1. The Labute approximate surface area is 199 Å². The van der Waals surface area contributed by atoms with Crippen molar-refractivity contribution in [3.05, 3.63) is 71.3 Å². The van der Waals surface area contributed by atoms with Gasteiger partial charge in [-0.25, -0.2) is 0 Å². The molecule has 0 spiro atoms. The van der Waals surface area contributed by atoms with Gasteiger partial charge in [0.1, 0.15) is 0 Å². The van der Waals surface area contributed by atoms with Crippen LogP contribution in [0.4, 0.5) is 0 Å². The summed E-state index contributed by atoms with van der Waals surface area (Å²) in [6, 6.07) is 20.8. The number of rotatable bonds is 10. The second kappa shape index (κ2) is 12.3. The van der Waals surface area contributed by atoms with E-state index in [-0.39, 0.29) is 0 Å². The summed E-state index contributed by atoms with van der Waals surface area (Å²) in [5.41, 5.74) is 4.31. The minimum Gasteiger partial charge on any atom is -0.481 e. The van der Waals surface area contributed by atoms with Crippen LogP contribution in [0.15, 0.2) is 54.6 Å². The molecule has 0 atom stereocenters. The van der Waals surface area contributed by atoms with Crippen molar-refractivity contribution in [2.75, 3.05) is 19.6 Å². The molecule has 4 rings (SSSR count). The number of carbonyl (C=O) groups is 1. The van der Waals surface area contributed by atoms with E-state index in [1.807, 2.05) is 0 Å². The van der Waals surface area contributed by atoms with Gasteiger partial charge in [0.2, 0.25) is 0 Å². The number of piperidine rings is 1. The van der Waals surface area contributed by atoms with Crippen LogP contribution in [-0.2, 0) is 17.8 Å². The van der Waals surface area contributed by atoms with Gasteiger partial charge in [0.15, 0.2) is 0 Å². The first-order valence-corrected chi connectivity index (χ1v) is 13.0. The third kappa shape index (κ3) is 7.41. The standard InChI is InChI=1S/C29H40N2O2/c32-29(33)15-10-24-8-13-28(14-9-24)31(21-18-23-4-2-1-3-5-23)22-25-6-11-26(12-7-25)27-16-19-30-20-17-27/h1-7,11-12,24,27-28,30H,8-10,13-22H2,(H,32,33). The summed E-state index contributed by atoms with van der Waals surface area (Å²) in [5.74, 6) is 0.628. The van der Waals surface area contributed by atoms with Crippen molar-refractivity contribution >= 4 is 5.97 Å². The molecule has 178 valence electrons. The molecule has 1 heterocycles. The Hall–Kier alpha value is -2.17. The summed E-state index contributed by atoms with van der Waals surface area (Å²) in [6.45, 7) is 4.35. The summed E-state index contributed by atoms with van der Waals surface area (Å²) in [4.78, 5) is 13.6. The summed E-state index contributed by atoms with van der Waals surface area (Å²) in [6.07, 6.45) is 9.41. The van der Waals surface area contributed by atoms with Crippen LogP contribution in [0.25, 0.3) is 0 Å². The fraction of sp³-hybridized carbons (Fsp3) is 0.552. The Morgan fingerprint density at radius 3 is 2.24 bits per heavy atom. The highest BCUT2D eigenvalue weighted by Crippen LogP contribution is 2.32. The lowest BCUT2D eigenvalue weighted by Crippen LogP contribution is -2.39. The molecule has 0 unspecified atom stereocenters. The molecular formula is C29H40N2O2. The molecule has 2 aromatic carbocycles. The summed E-state index contributed by atoms with van der Waals surface area (Å²) in [5, 5.41) is 12.5. The summed E-state index contributed by atoms with van der Waals surface area (Å²) in [7, 11) is 0. The largest absolute Gasteiger partial charge is 0.481 e. The zero-order valence-electron chi connectivity index (χ0n) is 19.9. The van der Waals surface area contributed by atoms with Gasteiger partial charge in [-0.05, 0) is 93.0 Å². The van der Waals surface area contributed by atoms with Crippen LogP contribution in [0.1, 0.15) is 74.0 Å². The summed E-state index contributed by atoms with van der Waals surface area (Å²) < 4.78 is 0. The number of benzene rings is 2. The molecule has 0 amide bonds. The van der Waals surface area contributed by atoms with Crippen LogP contribution in [0.5, 0.6) is 0 Å².